The Labute approximate surface area is 182 Å². The molecular formula is C24H30N4O3. The monoisotopic (exact) mass is 422 g/mol. The standard InChI is InChI=1S/C24H30N4O3/c1-15(25-23(30)20-12-11-17-8-4-6-10-19(17)26-20)22(29)27-21-18-9-5-3-7-16(18)13-14-28(2)24(21)31/h4-6,8-10,15-16,20,26H,3,7,11-14H2,1-2H3,(H,25,30)(H,27,29)/t15-,16?,20?/m0/s1. The van der Waals surface area contributed by atoms with Gasteiger partial charge in [0, 0.05) is 19.3 Å². The number of carbonyl (C=O) groups excluding carboxylic acids is 3. The van der Waals surface area contributed by atoms with E-state index in [1.54, 1.807) is 18.9 Å². The van der Waals surface area contributed by atoms with Crippen molar-refractivity contribution in [3.8, 4) is 0 Å². The molecular weight excluding hydrogens is 392 g/mol. The molecule has 3 aliphatic rings. The van der Waals surface area contributed by atoms with E-state index in [-0.39, 0.29) is 29.7 Å². The Kier molecular flexibility index (Phi) is 6.11. The number of allylic oxidation sites excluding steroid dienone is 3. The fourth-order valence-corrected chi connectivity index (χ4v) is 4.52. The fourth-order valence-electron chi connectivity index (χ4n) is 4.52. The fraction of sp³-hybridized carbons (Fsp3) is 0.458. The van der Waals surface area contributed by atoms with Crippen molar-refractivity contribution in [2.24, 2.45) is 5.92 Å². The molecule has 2 heterocycles. The number of fused-ring (bicyclic) bond motifs is 2. The lowest BCUT2D eigenvalue weighted by Crippen LogP contribution is -2.51. The van der Waals surface area contributed by atoms with Crippen LogP contribution < -0.4 is 16.0 Å². The van der Waals surface area contributed by atoms with Gasteiger partial charge < -0.3 is 20.9 Å². The van der Waals surface area contributed by atoms with Gasteiger partial charge in [0.15, 0.2) is 0 Å². The summed E-state index contributed by atoms with van der Waals surface area (Å²) < 4.78 is 0. The summed E-state index contributed by atoms with van der Waals surface area (Å²) in [6.45, 7) is 2.32. The average Bonchev–Trinajstić information content (AvgIpc) is 2.90. The first kappa shape index (κ1) is 21.2. The molecule has 0 spiro atoms. The van der Waals surface area contributed by atoms with Crippen molar-refractivity contribution in [1.82, 2.24) is 15.5 Å². The van der Waals surface area contributed by atoms with Gasteiger partial charge >= 0.3 is 0 Å². The van der Waals surface area contributed by atoms with Gasteiger partial charge in [0.25, 0.3) is 5.91 Å². The van der Waals surface area contributed by atoms with Crippen molar-refractivity contribution in [2.45, 2.75) is 51.1 Å². The van der Waals surface area contributed by atoms with E-state index >= 15 is 0 Å². The van der Waals surface area contributed by atoms with Crippen LogP contribution in [0.25, 0.3) is 0 Å². The third kappa shape index (κ3) is 4.50. The van der Waals surface area contributed by atoms with Crippen LogP contribution in [0.2, 0.25) is 0 Å². The van der Waals surface area contributed by atoms with E-state index in [4.69, 9.17) is 0 Å². The Hall–Kier alpha value is -3.09. The molecule has 2 unspecified atom stereocenters. The number of anilines is 1. The van der Waals surface area contributed by atoms with Gasteiger partial charge in [0.05, 0.1) is 0 Å². The van der Waals surface area contributed by atoms with Gasteiger partial charge in [0.2, 0.25) is 11.8 Å². The predicted octanol–water partition coefficient (Wildman–Crippen LogP) is 2.12. The molecule has 7 heteroatoms. The van der Waals surface area contributed by atoms with Gasteiger partial charge in [-0.2, -0.15) is 0 Å². The maximum atomic E-state index is 12.9. The van der Waals surface area contributed by atoms with E-state index in [2.05, 4.69) is 22.0 Å². The second kappa shape index (κ2) is 8.96. The van der Waals surface area contributed by atoms with E-state index in [0.29, 0.717) is 18.7 Å². The average molecular weight is 423 g/mol. The van der Waals surface area contributed by atoms with E-state index in [1.807, 2.05) is 30.4 Å². The molecule has 1 aromatic rings. The zero-order valence-corrected chi connectivity index (χ0v) is 18.1. The van der Waals surface area contributed by atoms with Crippen LogP contribution >= 0.6 is 0 Å². The quantitative estimate of drug-likeness (QED) is 0.693. The van der Waals surface area contributed by atoms with E-state index in [0.717, 1.165) is 36.9 Å². The number of hydrogen-bond acceptors (Lipinski definition) is 4. The molecule has 0 radical (unpaired) electrons. The van der Waals surface area contributed by atoms with Gasteiger partial charge in [-0.05, 0) is 62.1 Å². The lowest BCUT2D eigenvalue weighted by molar-refractivity contribution is -0.130. The van der Waals surface area contributed by atoms with Crippen LogP contribution in [-0.2, 0) is 20.8 Å². The highest BCUT2D eigenvalue weighted by Crippen LogP contribution is 2.32. The highest BCUT2D eigenvalue weighted by Gasteiger charge is 2.32. The number of para-hydroxylation sites is 1. The first-order chi connectivity index (χ1) is 14.9. The summed E-state index contributed by atoms with van der Waals surface area (Å²) in [5.74, 6) is -0.505. The Morgan fingerprint density at radius 1 is 1.19 bits per heavy atom. The van der Waals surface area contributed by atoms with Gasteiger partial charge in [-0.25, -0.2) is 0 Å². The van der Waals surface area contributed by atoms with Gasteiger partial charge in [-0.15, -0.1) is 0 Å². The second-order valence-electron chi connectivity index (χ2n) is 8.63. The van der Waals surface area contributed by atoms with Crippen molar-refractivity contribution in [3.63, 3.8) is 0 Å². The van der Waals surface area contributed by atoms with Crippen molar-refractivity contribution < 1.29 is 14.4 Å². The molecule has 0 aromatic heterocycles. The number of nitrogens with one attached hydrogen (secondary N) is 3. The summed E-state index contributed by atoms with van der Waals surface area (Å²) in [7, 11) is 1.76. The number of carbonyl (C=O) groups is 3. The SMILES string of the molecule is C[C@H](NC(=O)C1CCc2ccccc2N1)C(=O)NC1=C2C=CCCC2CCN(C)C1=O. The highest BCUT2D eigenvalue weighted by molar-refractivity contribution is 6.00. The van der Waals surface area contributed by atoms with Crippen LogP contribution in [0.4, 0.5) is 5.69 Å². The molecule has 31 heavy (non-hydrogen) atoms. The Morgan fingerprint density at radius 2 is 2.00 bits per heavy atom. The summed E-state index contributed by atoms with van der Waals surface area (Å²) in [5, 5.41) is 8.89. The number of benzene rings is 1. The maximum absolute atomic E-state index is 12.9. The van der Waals surface area contributed by atoms with Gasteiger partial charge in [-0.1, -0.05) is 30.4 Å². The van der Waals surface area contributed by atoms with E-state index in [9.17, 15) is 14.4 Å². The predicted molar refractivity (Wildman–Crippen MR) is 119 cm³/mol. The number of rotatable bonds is 4. The molecule has 1 aromatic carbocycles. The van der Waals surface area contributed by atoms with Crippen LogP contribution in [0.3, 0.4) is 0 Å². The third-order valence-electron chi connectivity index (χ3n) is 6.45. The summed E-state index contributed by atoms with van der Waals surface area (Å²) in [5.41, 5.74) is 3.40. The molecule has 0 bridgehead atoms. The molecule has 0 saturated heterocycles. The number of hydrogen-bond donors (Lipinski definition) is 3. The summed E-state index contributed by atoms with van der Waals surface area (Å²) in [6.07, 6.45) is 8.35. The normalized spacial score (nSPS) is 23.8. The molecule has 4 rings (SSSR count). The molecule has 2 aliphatic heterocycles. The Bertz CT molecular complexity index is 952. The van der Waals surface area contributed by atoms with Crippen molar-refractivity contribution >= 4 is 23.4 Å². The molecule has 7 nitrogen and oxygen atoms in total. The summed E-state index contributed by atoms with van der Waals surface area (Å²) >= 11 is 0. The smallest absolute Gasteiger partial charge is 0.270 e. The van der Waals surface area contributed by atoms with Crippen molar-refractivity contribution in [2.75, 3.05) is 18.9 Å². The van der Waals surface area contributed by atoms with E-state index < -0.39 is 6.04 Å². The molecule has 3 atom stereocenters. The minimum absolute atomic E-state index is 0.179. The first-order valence-electron chi connectivity index (χ1n) is 11.1. The minimum atomic E-state index is -0.757. The largest absolute Gasteiger partial charge is 0.373 e. The number of nitrogens with zero attached hydrogens (tertiary/aromatic N) is 1. The summed E-state index contributed by atoms with van der Waals surface area (Å²) in [6, 6.07) is 6.79. The van der Waals surface area contributed by atoms with Crippen molar-refractivity contribution in [1.29, 1.82) is 0 Å². The zero-order chi connectivity index (χ0) is 22.0. The zero-order valence-electron chi connectivity index (χ0n) is 18.1. The molecule has 0 saturated carbocycles. The lowest BCUT2D eigenvalue weighted by atomic mass is 9.86. The molecule has 3 N–H and O–H groups in total. The maximum Gasteiger partial charge on any atom is 0.270 e. The topological polar surface area (TPSA) is 90.5 Å². The van der Waals surface area contributed by atoms with Crippen molar-refractivity contribution in [3.05, 3.63) is 53.3 Å². The number of aryl methyl sites for hydroxylation is 1. The summed E-state index contributed by atoms with van der Waals surface area (Å²) in [4.78, 5) is 40.2. The van der Waals surface area contributed by atoms with Crippen LogP contribution in [-0.4, -0.2) is 48.3 Å². The first-order valence-corrected chi connectivity index (χ1v) is 11.1. The van der Waals surface area contributed by atoms with E-state index in [1.165, 1.54) is 5.56 Å². The lowest BCUT2D eigenvalue weighted by Gasteiger charge is -2.27. The van der Waals surface area contributed by atoms with Crippen LogP contribution in [0, 0.1) is 5.92 Å². The molecule has 164 valence electrons. The van der Waals surface area contributed by atoms with Gasteiger partial charge in [0.1, 0.15) is 17.8 Å². The second-order valence-corrected chi connectivity index (χ2v) is 8.63. The minimum Gasteiger partial charge on any atom is -0.373 e. The van der Waals surface area contributed by atoms with Crippen LogP contribution in [0.1, 0.15) is 38.2 Å². The third-order valence-corrected chi connectivity index (χ3v) is 6.45. The van der Waals surface area contributed by atoms with Gasteiger partial charge in [-0.3, -0.25) is 14.4 Å². The Morgan fingerprint density at radius 3 is 2.84 bits per heavy atom. The Balaban J connectivity index is 1.42. The molecule has 3 amide bonds. The van der Waals surface area contributed by atoms with Crippen LogP contribution in [0.15, 0.2) is 47.7 Å². The number of amides is 3. The molecule has 0 fully saturated rings. The molecule has 1 aliphatic carbocycles. The number of likely N-dealkylation sites (N-methyl/N-ethyl adjacent to an activating group) is 1. The van der Waals surface area contributed by atoms with Crippen LogP contribution in [0.5, 0.6) is 0 Å². The highest BCUT2D eigenvalue weighted by atomic mass is 16.2.